The minimum absolute atomic E-state index is 0.153. The average molecular weight is 418 g/mol. The number of alkyl halides is 6. The number of fused-ring (bicyclic) bond motifs is 1. The van der Waals surface area contributed by atoms with Crippen LogP contribution in [0.2, 0.25) is 0 Å². The predicted octanol–water partition coefficient (Wildman–Crippen LogP) is 4.00. The van der Waals surface area contributed by atoms with Crippen LogP contribution in [0.1, 0.15) is 28.7 Å². The molecule has 1 unspecified atom stereocenters. The van der Waals surface area contributed by atoms with E-state index in [-0.39, 0.29) is 5.52 Å². The number of carbonyl (C=O) groups is 1. The van der Waals surface area contributed by atoms with Crippen molar-refractivity contribution >= 4 is 22.5 Å². The van der Waals surface area contributed by atoms with E-state index in [0.717, 1.165) is 24.3 Å². The van der Waals surface area contributed by atoms with Gasteiger partial charge in [0.2, 0.25) is 0 Å². The normalized spacial score (nSPS) is 14.6. The zero-order valence-corrected chi connectivity index (χ0v) is 14.5. The van der Waals surface area contributed by atoms with Gasteiger partial charge in [0, 0.05) is 16.6 Å². The van der Waals surface area contributed by atoms with Crippen LogP contribution in [0.4, 0.5) is 32.0 Å². The Morgan fingerprint density at radius 2 is 1.83 bits per heavy atom. The molecule has 154 valence electrons. The van der Waals surface area contributed by atoms with Crippen molar-refractivity contribution < 1.29 is 36.2 Å². The molecule has 3 N–H and O–H groups in total. The van der Waals surface area contributed by atoms with Crippen LogP contribution >= 0.6 is 0 Å². The fraction of sp³-hybridized carbons (Fsp3) is 0.235. The number of aromatic amines is 1. The van der Waals surface area contributed by atoms with Gasteiger partial charge >= 0.3 is 12.4 Å². The Labute approximate surface area is 158 Å². The number of H-pyrrole nitrogens is 1. The molecule has 12 heteroatoms. The lowest BCUT2D eigenvalue weighted by Gasteiger charge is -2.28. The number of hydrogen-bond acceptors (Lipinski definition) is 4. The van der Waals surface area contributed by atoms with Gasteiger partial charge in [0.25, 0.3) is 5.91 Å². The van der Waals surface area contributed by atoms with Crippen LogP contribution in [0.3, 0.4) is 0 Å². The van der Waals surface area contributed by atoms with E-state index in [1.807, 2.05) is 0 Å². The molecule has 2 aromatic heterocycles. The number of aromatic nitrogens is 3. The third kappa shape index (κ3) is 3.88. The van der Waals surface area contributed by atoms with Gasteiger partial charge in [0.15, 0.2) is 5.60 Å². The number of rotatable bonds is 3. The number of aliphatic hydroxyl groups is 1. The molecular formula is C17H12F6N4O2. The smallest absolute Gasteiger partial charge is 0.376 e. The molecular weight excluding hydrogens is 406 g/mol. The summed E-state index contributed by atoms with van der Waals surface area (Å²) in [6.07, 6.45) is -8.65. The van der Waals surface area contributed by atoms with Gasteiger partial charge in [-0.15, -0.1) is 0 Å². The number of pyridine rings is 1. The molecule has 1 amide bonds. The third-order valence-electron chi connectivity index (χ3n) is 4.18. The van der Waals surface area contributed by atoms with Gasteiger partial charge in [-0.3, -0.25) is 9.89 Å². The maximum absolute atomic E-state index is 13.3. The quantitative estimate of drug-likeness (QED) is 0.561. The van der Waals surface area contributed by atoms with E-state index in [1.165, 1.54) is 6.20 Å². The number of hydrogen-bond donors (Lipinski definition) is 3. The number of anilines is 1. The van der Waals surface area contributed by atoms with Crippen molar-refractivity contribution in [2.24, 2.45) is 0 Å². The molecule has 0 radical (unpaired) electrons. The molecule has 2 heterocycles. The van der Waals surface area contributed by atoms with Crippen molar-refractivity contribution in [3.8, 4) is 0 Å². The minimum Gasteiger partial charge on any atom is -0.376 e. The molecule has 0 fully saturated rings. The van der Waals surface area contributed by atoms with Gasteiger partial charge in [0.1, 0.15) is 11.4 Å². The number of nitrogens with one attached hydrogen (secondary N) is 2. The summed E-state index contributed by atoms with van der Waals surface area (Å²) in [6, 6.07) is 4.62. The first-order chi connectivity index (χ1) is 13.3. The number of halogens is 6. The molecule has 0 aliphatic carbocycles. The summed E-state index contributed by atoms with van der Waals surface area (Å²) in [4.78, 5) is 15.6. The molecule has 3 rings (SSSR count). The van der Waals surface area contributed by atoms with Gasteiger partial charge < -0.3 is 10.4 Å². The summed E-state index contributed by atoms with van der Waals surface area (Å²) in [7, 11) is 0. The molecule has 0 saturated carbocycles. The van der Waals surface area contributed by atoms with E-state index in [4.69, 9.17) is 0 Å². The Morgan fingerprint density at radius 3 is 2.45 bits per heavy atom. The van der Waals surface area contributed by atoms with Crippen molar-refractivity contribution in [3.05, 3.63) is 53.5 Å². The third-order valence-corrected chi connectivity index (χ3v) is 4.18. The van der Waals surface area contributed by atoms with Gasteiger partial charge in [-0.1, -0.05) is 6.07 Å². The number of benzene rings is 1. The van der Waals surface area contributed by atoms with Gasteiger partial charge in [0.05, 0.1) is 11.7 Å². The van der Waals surface area contributed by atoms with E-state index in [9.17, 15) is 36.2 Å². The van der Waals surface area contributed by atoms with E-state index >= 15 is 0 Å². The molecule has 6 nitrogen and oxygen atoms in total. The summed E-state index contributed by atoms with van der Waals surface area (Å²) >= 11 is 0. The second-order valence-electron chi connectivity index (χ2n) is 6.28. The number of carbonyl (C=O) groups excluding carboxylic acids is 1. The van der Waals surface area contributed by atoms with E-state index in [0.29, 0.717) is 18.4 Å². The summed E-state index contributed by atoms with van der Waals surface area (Å²) in [6.45, 7) is 0.489. The second kappa shape index (κ2) is 6.72. The summed E-state index contributed by atoms with van der Waals surface area (Å²) < 4.78 is 78.4. The Balaban J connectivity index is 2.06. The Morgan fingerprint density at radius 1 is 1.14 bits per heavy atom. The Kier molecular flexibility index (Phi) is 4.77. The number of nitrogens with zero attached hydrogens (tertiary/aromatic N) is 2. The van der Waals surface area contributed by atoms with Crippen molar-refractivity contribution in [3.63, 3.8) is 0 Å². The zero-order chi connectivity index (χ0) is 21.6. The summed E-state index contributed by atoms with van der Waals surface area (Å²) in [5.74, 6) is -1.18. The van der Waals surface area contributed by atoms with Gasteiger partial charge in [-0.2, -0.15) is 31.4 Å². The SMILES string of the molecule is CC(O)(c1cc2[nH]ncc2cc1NC(=O)c1cccc(C(F)(F)F)n1)C(F)(F)F. The van der Waals surface area contributed by atoms with Crippen LogP contribution in [0.5, 0.6) is 0 Å². The highest BCUT2D eigenvalue weighted by Crippen LogP contribution is 2.42. The first-order valence-electron chi connectivity index (χ1n) is 7.93. The van der Waals surface area contributed by atoms with Crippen molar-refractivity contribution in [1.29, 1.82) is 0 Å². The van der Waals surface area contributed by atoms with Crippen molar-refractivity contribution in [1.82, 2.24) is 15.2 Å². The van der Waals surface area contributed by atoms with Crippen LogP contribution in [0, 0.1) is 0 Å². The number of amides is 1. The van der Waals surface area contributed by atoms with Crippen molar-refractivity contribution in [2.45, 2.75) is 24.9 Å². The lowest BCUT2D eigenvalue weighted by atomic mass is 9.92. The maximum atomic E-state index is 13.3. The molecule has 0 aliphatic rings. The lowest BCUT2D eigenvalue weighted by Crippen LogP contribution is -2.40. The first kappa shape index (κ1) is 20.6. The van der Waals surface area contributed by atoms with Crippen LogP contribution in [0.25, 0.3) is 10.9 Å². The molecule has 1 aromatic carbocycles. The lowest BCUT2D eigenvalue weighted by molar-refractivity contribution is -0.258. The summed E-state index contributed by atoms with van der Waals surface area (Å²) in [5, 5.41) is 18.6. The molecule has 0 spiro atoms. The second-order valence-corrected chi connectivity index (χ2v) is 6.28. The maximum Gasteiger partial charge on any atom is 0.433 e. The predicted molar refractivity (Wildman–Crippen MR) is 88.9 cm³/mol. The van der Waals surface area contributed by atoms with Crippen LogP contribution in [0.15, 0.2) is 36.5 Å². The molecule has 3 aromatic rings. The van der Waals surface area contributed by atoms with E-state index < -0.39 is 46.5 Å². The monoisotopic (exact) mass is 418 g/mol. The highest BCUT2D eigenvalue weighted by Gasteiger charge is 2.52. The topological polar surface area (TPSA) is 90.9 Å². The highest BCUT2D eigenvalue weighted by atomic mass is 19.4. The van der Waals surface area contributed by atoms with Crippen LogP contribution in [-0.2, 0) is 11.8 Å². The molecule has 0 bridgehead atoms. The molecule has 1 atom stereocenters. The standard InChI is InChI=1S/C17H12F6N4O2/c1-15(29,17(21,22)23)9-6-11-8(7-24-27-11)5-12(9)26-14(28)10-3-2-4-13(25-10)16(18,19)20/h2-7,29H,1H3,(H,24,27)(H,26,28). The fourth-order valence-electron chi connectivity index (χ4n) is 2.56. The highest BCUT2D eigenvalue weighted by molar-refractivity contribution is 6.04. The molecule has 0 saturated heterocycles. The van der Waals surface area contributed by atoms with Crippen LogP contribution in [-0.4, -0.2) is 32.4 Å². The summed E-state index contributed by atoms with van der Waals surface area (Å²) in [5.41, 5.74) is -6.38. The van der Waals surface area contributed by atoms with Crippen LogP contribution < -0.4 is 5.32 Å². The van der Waals surface area contributed by atoms with Gasteiger partial charge in [-0.25, -0.2) is 4.98 Å². The Bertz CT molecular complexity index is 1070. The van der Waals surface area contributed by atoms with Crippen molar-refractivity contribution in [2.75, 3.05) is 5.32 Å². The molecule has 0 aliphatic heterocycles. The largest absolute Gasteiger partial charge is 0.433 e. The minimum atomic E-state index is -5.10. The molecule has 29 heavy (non-hydrogen) atoms. The van der Waals surface area contributed by atoms with Gasteiger partial charge in [-0.05, 0) is 31.2 Å². The Hall–Kier alpha value is -3.15. The van der Waals surface area contributed by atoms with E-state index in [1.54, 1.807) is 0 Å². The van der Waals surface area contributed by atoms with E-state index in [2.05, 4.69) is 20.5 Å². The fourth-order valence-corrected chi connectivity index (χ4v) is 2.56. The first-order valence-corrected chi connectivity index (χ1v) is 7.93. The average Bonchev–Trinajstić information content (AvgIpc) is 3.06. The zero-order valence-electron chi connectivity index (χ0n) is 14.5.